The van der Waals surface area contributed by atoms with Crippen LogP contribution in [0.2, 0.25) is 0 Å². The maximum atomic E-state index is 13.6. The predicted octanol–water partition coefficient (Wildman–Crippen LogP) is 4.99. The maximum Gasteiger partial charge on any atom is 0.416 e. The quantitative estimate of drug-likeness (QED) is 0.628. The molecule has 0 aliphatic rings. The fourth-order valence-corrected chi connectivity index (χ4v) is 2.25. The van der Waals surface area contributed by atoms with Gasteiger partial charge in [0.15, 0.2) is 0 Å². The van der Waals surface area contributed by atoms with Crippen molar-refractivity contribution in [1.29, 1.82) is 0 Å². The van der Waals surface area contributed by atoms with Gasteiger partial charge in [0.25, 0.3) is 0 Å². The van der Waals surface area contributed by atoms with Crippen LogP contribution in [0.3, 0.4) is 0 Å². The third-order valence-electron chi connectivity index (χ3n) is 3.52. The first-order valence-corrected chi connectivity index (χ1v) is 7.66. The van der Waals surface area contributed by atoms with Gasteiger partial charge in [-0.15, -0.1) is 0 Å². The molecule has 2 aromatic carbocycles. The molecule has 0 bridgehead atoms. The van der Waals surface area contributed by atoms with Crippen LogP contribution < -0.4 is 10.6 Å². The molecule has 8 heteroatoms. The van der Waals surface area contributed by atoms with Crippen LogP contribution in [0, 0.1) is 5.82 Å². The number of benzene rings is 2. The monoisotopic (exact) mass is 362 g/mol. The van der Waals surface area contributed by atoms with E-state index in [0.717, 1.165) is 12.1 Å². The van der Waals surface area contributed by atoms with Crippen molar-refractivity contribution >= 4 is 17.5 Å². The van der Waals surface area contributed by atoms with E-state index in [9.17, 15) is 17.6 Å². The number of anilines is 3. The highest BCUT2D eigenvalue weighted by Crippen LogP contribution is 2.31. The molecule has 0 aliphatic carbocycles. The summed E-state index contributed by atoms with van der Waals surface area (Å²) in [5, 5.41) is 5.68. The van der Waals surface area contributed by atoms with Gasteiger partial charge in [0.05, 0.1) is 5.56 Å². The Hall–Kier alpha value is -3.16. The minimum atomic E-state index is -4.43. The van der Waals surface area contributed by atoms with Crippen LogP contribution in [0.5, 0.6) is 0 Å². The number of alkyl halides is 3. The third-order valence-corrected chi connectivity index (χ3v) is 3.52. The van der Waals surface area contributed by atoms with Gasteiger partial charge in [-0.1, -0.05) is 24.3 Å². The standard InChI is InChI=1S/C18H14F4N4/c19-15-7-2-1-4-12(15)11-24-16-8-9-23-17(26-16)25-14-6-3-5-13(10-14)18(20,21)22/h1-10H,11H2,(H2,23,24,25,26). The Labute approximate surface area is 146 Å². The summed E-state index contributed by atoms with van der Waals surface area (Å²) in [6.07, 6.45) is -2.98. The van der Waals surface area contributed by atoms with E-state index in [4.69, 9.17) is 0 Å². The number of hydrogen-bond acceptors (Lipinski definition) is 4. The van der Waals surface area contributed by atoms with E-state index in [1.165, 1.54) is 24.4 Å². The lowest BCUT2D eigenvalue weighted by Gasteiger charge is -2.11. The molecule has 4 nitrogen and oxygen atoms in total. The second-order valence-corrected chi connectivity index (χ2v) is 5.41. The Bertz CT molecular complexity index is 896. The van der Waals surface area contributed by atoms with Crippen molar-refractivity contribution in [3.8, 4) is 0 Å². The summed E-state index contributed by atoms with van der Waals surface area (Å²) in [5.41, 5.74) is -0.0825. The van der Waals surface area contributed by atoms with Gasteiger partial charge in [-0.25, -0.2) is 9.37 Å². The van der Waals surface area contributed by atoms with Crippen molar-refractivity contribution in [2.24, 2.45) is 0 Å². The van der Waals surface area contributed by atoms with Gasteiger partial charge in [-0.05, 0) is 30.3 Å². The number of nitrogens with zero attached hydrogens (tertiary/aromatic N) is 2. The molecule has 0 atom stereocenters. The van der Waals surface area contributed by atoms with Gasteiger partial charge < -0.3 is 10.6 Å². The van der Waals surface area contributed by atoms with E-state index < -0.39 is 11.7 Å². The molecule has 0 saturated carbocycles. The fraction of sp³-hybridized carbons (Fsp3) is 0.111. The average Bonchev–Trinajstić information content (AvgIpc) is 2.61. The Morgan fingerprint density at radius 3 is 2.54 bits per heavy atom. The maximum absolute atomic E-state index is 13.6. The zero-order valence-electron chi connectivity index (χ0n) is 13.4. The van der Waals surface area contributed by atoms with E-state index in [2.05, 4.69) is 20.6 Å². The summed E-state index contributed by atoms with van der Waals surface area (Å²) < 4.78 is 51.9. The summed E-state index contributed by atoms with van der Waals surface area (Å²) in [7, 11) is 0. The summed E-state index contributed by atoms with van der Waals surface area (Å²) in [6, 6.07) is 12.6. The summed E-state index contributed by atoms with van der Waals surface area (Å²) in [5.74, 6) is 0.206. The molecule has 134 valence electrons. The van der Waals surface area contributed by atoms with Crippen LogP contribution in [0.1, 0.15) is 11.1 Å². The van der Waals surface area contributed by atoms with Gasteiger partial charge >= 0.3 is 6.18 Å². The van der Waals surface area contributed by atoms with Crippen LogP contribution in [-0.4, -0.2) is 9.97 Å². The number of halogens is 4. The van der Waals surface area contributed by atoms with Crippen LogP contribution in [0.15, 0.2) is 60.8 Å². The molecule has 2 N–H and O–H groups in total. The first-order valence-electron chi connectivity index (χ1n) is 7.66. The molecule has 0 saturated heterocycles. The Balaban J connectivity index is 1.71. The average molecular weight is 362 g/mol. The van der Waals surface area contributed by atoms with Crippen molar-refractivity contribution < 1.29 is 17.6 Å². The summed E-state index contributed by atoms with van der Waals surface area (Å²) in [6.45, 7) is 0.215. The van der Waals surface area contributed by atoms with Crippen molar-refractivity contribution in [3.63, 3.8) is 0 Å². The van der Waals surface area contributed by atoms with E-state index in [1.54, 1.807) is 24.3 Å². The topological polar surface area (TPSA) is 49.8 Å². The Morgan fingerprint density at radius 1 is 0.962 bits per heavy atom. The van der Waals surface area contributed by atoms with E-state index in [0.29, 0.717) is 11.4 Å². The smallest absolute Gasteiger partial charge is 0.366 e. The zero-order valence-corrected chi connectivity index (χ0v) is 13.4. The first-order chi connectivity index (χ1) is 12.4. The molecule has 1 heterocycles. The van der Waals surface area contributed by atoms with E-state index in [-0.39, 0.29) is 24.0 Å². The second-order valence-electron chi connectivity index (χ2n) is 5.41. The molecule has 0 amide bonds. The lowest BCUT2D eigenvalue weighted by Crippen LogP contribution is -2.07. The Kier molecular flexibility index (Phi) is 5.01. The van der Waals surface area contributed by atoms with Gasteiger partial charge in [-0.3, -0.25) is 0 Å². The van der Waals surface area contributed by atoms with Crippen molar-refractivity contribution in [1.82, 2.24) is 9.97 Å². The number of nitrogens with one attached hydrogen (secondary N) is 2. The minimum Gasteiger partial charge on any atom is -0.366 e. The van der Waals surface area contributed by atoms with Crippen LogP contribution in [-0.2, 0) is 12.7 Å². The van der Waals surface area contributed by atoms with Crippen LogP contribution in [0.4, 0.5) is 35.0 Å². The first kappa shape index (κ1) is 17.7. The molecule has 0 spiro atoms. The van der Waals surface area contributed by atoms with Gasteiger partial charge in [0.1, 0.15) is 11.6 Å². The van der Waals surface area contributed by atoms with Gasteiger partial charge in [0.2, 0.25) is 5.95 Å². The molecule has 3 aromatic rings. The fourth-order valence-electron chi connectivity index (χ4n) is 2.25. The van der Waals surface area contributed by atoms with Crippen molar-refractivity contribution in [3.05, 3.63) is 77.7 Å². The van der Waals surface area contributed by atoms with Crippen LogP contribution in [0.25, 0.3) is 0 Å². The third kappa shape index (κ3) is 4.47. The highest BCUT2D eigenvalue weighted by atomic mass is 19.4. The van der Waals surface area contributed by atoms with Crippen LogP contribution >= 0.6 is 0 Å². The van der Waals surface area contributed by atoms with Gasteiger partial charge in [0, 0.05) is 24.0 Å². The predicted molar refractivity (Wildman–Crippen MR) is 90.5 cm³/mol. The SMILES string of the molecule is Fc1ccccc1CNc1ccnc(Nc2cccc(C(F)(F)F)c2)n1. The number of aromatic nitrogens is 2. The molecule has 1 aromatic heterocycles. The molecule has 0 aliphatic heterocycles. The Morgan fingerprint density at radius 2 is 1.77 bits per heavy atom. The zero-order chi connectivity index (χ0) is 18.6. The minimum absolute atomic E-state index is 0.128. The second kappa shape index (κ2) is 7.38. The molecular formula is C18H14F4N4. The largest absolute Gasteiger partial charge is 0.416 e. The van der Waals surface area contributed by atoms with E-state index in [1.807, 2.05) is 0 Å². The van der Waals surface area contributed by atoms with Crippen molar-refractivity contribution in [2.45, 2.75) is 12.7 Å². The lowest BCUT2D eigenvalue weighted by atomic mass is 10.2. The summed E-state index contributed by atoms with van der Waals surface area (Å²) >= 11 is 0. The molecule has 3 rings (SSSR count). The molecular weight excluding hydrogens is 348 g/mol. The molecule has 0 unspecified atom stereocenters. The molecule has 0 radical (unpaired) electrons. The van der Waals surface area contributed by atoms with Crippen molar-refractivity contribution in [2.75, 3.05) is 10.6 Å². The lowest BCUT2D eigenvalue weighted by molar-refractivity contribution is -0.137. The molecule has 0 fully saturated rings. The highest BCUT2D eigenvalue weighted by Gasteiger charge is 2.30. The van der Waals surface area contributed by atoms with Gasteiger partial charge in [-0.2, -0.15) is 18.2 Å². The van der Waals surface area contributed by atoms with E-state index >= 15 is 0 Å². The highest BCUT2D eigenvalue weighted by molar-refractivity contribution is 5.56. The number of hydrogen-bond donors (Lipinski definition) is 2. The summed E-state index contributed by atoms with van der Waals surface area (Å²) in [4.78, 5) is 8.15. The number of rotatable bonds is 5. The molecule has 26 heavy (non-hydrogen) atoms. The normalized spacial score (nSPS) is 11.2.